The molecule has 0 aliphatic carbocycles. The Labute approximate surface area is 236 Å². The van der Waals surface area contributed by atoms with Gasteiger partial charge < -0.3 is 10.2 Å². The first kappa shape index (κ1) is 26.0. The number of benzene rings is 1. The molecule has 1 atom stereocenters. The third-order valence-electron chi connectivity index (χ3n) is 7.89. The number of halogens is 1. The number of likely N-dealkylation sites (tertiary alicyclic amines) is 1. The quantitative estimate of drug-likeness (QED) is 0.233. The lowest BCUT2D eigenvalue weighted by Gasteiger charge is -2.29. The van der Waals surface area contributed by atoms with Gasteiger partial charge in [-0.25, -0.2) is 14.5 Å². The first-order valence-electron chi connectivity index (χ1n) is 13.3. The molecule has 1 aliphatic heterocycles. The van der Waals surface area contributed by atoms with Crippen molar-refractivity contribution >= 4 is 44.8 Å². The molecule has 5 heterocycles. The van der Waals surface area contributed by atoms with Crippen molar-refractivity contribution in [2.45, 2.75) is 31.8 Å². The number of nitrogens with zero attached hydrogens (tertiary/aromatic N) is 8. The van der Waals surface area contributed by atoms with Crippen LogP contribution in [0, 0.1) is 6.57 Å². The van der Waals surface area contributed by atoms with Crippen LogP contribution in [0.2, 0.25) is 5.15 Å². The van der Waals surface area contributed by atoms with Crippen LogP contribution in [-0.4, -0.2) is 54.1 Å². The summed E-state index contributed by atoms with van der Waals surface area (Å²) in [6.07, 6.45) is 7.44. The maximum atomic E-state index is 13.8. The third kappa shape index (κ3) is 4.41. The molecule has 0 spiro atoms. The molecule has 0 saturated carbocycles. The number of rotatable bonds is 5. The van der Waals surface area contributed by atoms with E-state index in [1.807, 2.05) is 43.2 Å². The lowest BCUT2D eigenvalue weighted by Crippen LogP contribution is -2.32. The molecule has 0 amide bonds. The highest BCUT2D eigenvalue weighted by atomic mass is 35.5. The number of fused-ring (bicyclic) bond motifs is 3. The van der Waals surface area contributed by atoms with E-state index in [4.69, 9.17) is 23.3 Å². The van der Waals surface area contributed by atoms with Gasteiger partial charge in [-0.2, -0.15) is 10.2 Å². The number of pyridine rings is 2. The average molecular weight is 556 g/mol. The standard InChI is InChI=1S/C29H30ClN9O/c1-17(34-24-6-7-25(30)35-27(24)18-14-32-37(4)16-18)21-12-19(31-2)13-22-26(21)23-15-33-39(28(23)38(5)29(22)40)20-8-10-36(3)11-9-20/h6-7,12-17,20,34H,8-11H2,1,3-5H3. The van der Waals surface area contributed by atoms with Crippen LogP contribution in [-0.2, 0) is 14.1 Å². The Morgan fingerprint density at radius 3 is 2.58 bits per heavy atom. The van der Waals surface area contributed by atoms with E-state index in [9.17, 15) is 4.79 Å². The van der Waals surface area contributed by atoms with Crippen molar-refractivity contribution in [3.63, 3.8) is 0 Å². The number of hydrogen-bond acceptors (Lipinski definition) is 6. The molecule has 10 nitrogen and oxygen atoms in total. The van der Waals surface area contributed by atoms with Crippen molar-refractivity contribution in [1.82, 2.24) is 34.0 Å². The van der Waals surface area contributed by atoms with Gasteiger partial charge in [0, 0.05) is 48.1 Å². The minimum Gasteiger partial charge on any atom is -0.377 e. The summed E-state index contributed by atoms with van der Waals surface area (Å²) in [4.78, 5) is 24.3. The Morgan fingerprint density at radius 2 is 1.88 bits per heavy atom. The van der Waals surface area contributed by atoms with Crippen molar-refractivity contribution in [3.05, 3.63) is 75.3 Å². The van der Waals surface area contributed by atoms with E-state index in [0.29, 0.717) is 21.9 Å². The Bertz CT molecular complexity index is 1850. The molecule has 1 unspecified atom stereocenters. The Balaban J connectivity index is 1.52. The summed E-state index contributed by atoms with van der Waals surface area (Å²) in [5.41, 5.74) is 4.21. The topological polar surface area (TPSA) is 90.2 Å². The second-order valence-corrected chi connectivity index (χ2v) is 11.0. The molecule has 11 heteroatoms. The molecule has 0 bridgehead atoms. The SMILES string of the molecule is [C-]#[N+]c1cc(C(C)Nc2ccc(Cl)nc2-c2cnn(C)c2)c2c(c1)c(=O)n(C)c1c2cnn1C1CCN(C)CC1. The predicted octanol–water partition coefficient (Wildman–Crippen LogP) is 5.33. The number of aryl methyl sites for hydroxylation is 2. The second kappa shape index (κ2) is 10.1. The number of hydrogen-bond donors (Lipinski definition) is 1. The van der Waals surface area contributed by atoms with Gasteiger partial charge in [-0.3, -0.25) is 14.0 Å². The second-order valence-electron chi connectivity index (χ2n) is 10.6. The lowest BCUT2D eigenvalue weighted by atomic mass is 9.97. The molecule has 40 heavy (non-hydrogen) atoms. The van der Waals surface area contributed by atoms with Crippen LogP contribution in [0.3, 0.4) is 0 Å². The van der Waals surface area contributed by atoms with Gasteiger partial charge >= 0.3 is 0 Å². The molecular weight excluding hydrogens is 526 g/mol. The van der Waals surface area contributed by atoms with Crippen LogP contribution in [0.15, 0.2) is 47.7 Å². The van der Waals surface area contributed by atoms with Gasteiger partial charge in [0.05, 0.1) is 36.4 Å². The highest BCUT2D eigenvalue weighted by Crippen LogP contribution is 2.37. The summed E-state index contributed by atoms with van der Waals surface area (Å²) in [5.74, 6) is 0. The summed E-state index contributed by atoms with van der Waals surface area (Å²) in [5, 5.41) is 15.3. The van der Waals surface area contributed by atoms with Gasteiger partial charge in [-0.05, 0) is 63.7 Å². The molecule has 204 valence electrons. The average Bonchev–Trinajstić information content (AvgIpc) is 3.59. The van der Waals surface area contributed by atoms with Crippen LogP contribution < -0.4 is 10.9 Å². The van der Waals surface area contributed by atoms with E-state index in [1.165, 1.54) is 0 Å². The highest BCUT2D eigenvalue weighted by molar-refractivity contribution is 6.29. The van der Waals surface area contributed by atoms with Crippen LogP contribution in [0.5, 0.6) is 0 Å². The highest BCUT2D eigenvalue weighted by Gasteiger charge is 2.25. The summed E-state index contributed by atoms with van der Waals surface area (Å²) in [6.45, 7) is 11.7. The van der Waals surface area contributed by atoms with Crippen LogP contribution >= 0.6 is 11.6 Å². The number of anilines is 1. The molecule has 1 saturated heterocycles. The van der Waals surface area contributed by atoms with Gasteiger partial charge in [-0.15, -0.1) is 0 Å². The van der Waals surface area contributed by atoms with Crippen LogP contribution in [0.25, 0.3) is 37.9 Å². The first-order valence-corrected chi connectivity index (χ1v) is 13.6. The van der Waals surface area contributed by atoms with Crippen molar-refractivity contribution in [2.24, 2.45) is 14.1 Å². The molecular formula is C29H30ClN9O. The van der Waals surface area contributed by atoms with E-state index in [1.54, 1.807) is 34.6 Å². The smallest absolute Gasteiger partial charge is 0.258 e. The van der Waals surface area contributed by atoms with Crippen LogP contribution in [0.1, 0.15) is 37.4 Å². The molecule has 0 radical (unpaired) electrons. The Morgan fingerprint density at radius 1 is 1.10 bits per heavy atom. The zero-order chi connectivity index (χ0) is 28.1. The predicted molar refractivity (Wildman–Crippen MR) is 158 cm³/mol. The van der Waals surface area contributed by atoms with Gasteiger partial charge in [0.2, 0.25) is 0 Å². The molecule has 4 aromatic heterocycles. The monoisotopic (exact) mass is 555 g/mol. The van der Waals surface area contributed by atoms with E-state index in [-0.39, 0.29) is 17.6 Å². The van der Waals surface area contributed by atoms with Gasteiger partial charge in [0.25, 0.3) is 5.56 Å². The zero-order valence-electron chi connectivity index (χ0n) is 22.9. The minimum absolute atomic E-state index is 0.139. The molecule has 1 fully saturated rings. The Kier molecular flexibility index (Phi) is 6.56. The molecule has 1 N–H and O–H groups in total. The van der Waals surface area contributed by atoms with Gasteiger partial charge in [0.15, 0.2) is 5.69 Å². The van der Waals surface area contributed by atoms with E-state index in [2.05, 4.69) is 32.2 Å². The minimum atomic E-state index is -0.274. The van der Waals surface area contributed by atoms with E-state index >= 15 is 0 Å². The van der Waals surface area contributed by atoms with Gasteiger partial charge in [0.1, 0.15) is 10.8 Å². The maximum absolute atomic E-state index is 13.8. The zero-order valence-corrected chi connectivity index (χ0v) is 23.6. The maximum Gasteiger partial charge on any atom is 0.258 e. The molecule has 1 aliphatic rings. The molecule has 1 aromatic carbocycles. The van der Waals surface area contributed by atoms with Gasteiger partial charge in [-0.1, -0.05) is 17.7 Å². The van der Waals surface area contributed by atoms with E-state index < -0.39 is 0 Å². The van der Waals surface area contributed by atoms with Crippen molar-refractivity contribution < 1.29 is 0 Å². The van der Waals surface area contributed by atoms with E-state index in [0.717, 1.165) is 59.2 Å². The summed E-state index contributed by atoms with van der Waals surface area (Å²) in [6, 6.07) is 7.14. The fourth-order valence-corrected chi connectivity index (χ4v) is 5.95. The van der Waals surface area contributed by atoms with Crippen molar-refractivity contribution in [1.29, 1.82) is 0 Å². The number of aromatic nitrogens is 6. The van der Waals surface area contributed by atoms with Crippen molar-refractivity contribution in [3.8, 4) is 11.3 Å². The largest absolute Gasteiger partial charge is 0.377 e. The third-order valence-corrected chi connectivity index (χ3v) is 8.10. The summed E-state index contributed by atoms with van der Waals surface area (Å²) in [7, 11) is 5.78. The first-order chi connectivity index (χ1) is 19.2. The molecule has 5 aromatic rings. The number of piperidine rings is 1. The fraction of sp³-hybridized carbons (Fsp3) is 0.345. The lowest BCUT2D eigenvalue weighted by molar-refractivity contribution is 0.214. The fourth-order valence-electron chi connectivity index (χ4n) is 5.80. The Hall–Kier alpha value is -4.20. The normalized spacial score (nSPS) is 15.5. The molecule has 6 rings (SSSR count). The summed E-state index contributed by atoms with van der Waals surface area (Å²) >= 11 is 6.27. The van der Waals surface area contributed by atoms with Crippen LogP contribution in [0.4, 0.5) is 11.4 Å². The van der Waals surface area contributed by atoms with Crippen molar-refractivity contribution in [2.75, 3.05) is 25.5 Å². The summed E-state index contributed by atoms with van der Waals surface area (Å²) < 4.78 is 5.42. The number of nitrogens with one attached hydrogen (secondary N) is 1.